The van der Waals surface area contributed by atoms with E-state index in [9.17, 15) is 9.59 Å². The highest BCUT2D eigenvalue weighted by atomic mass is 16.5. The van der Waals surface area contributed by atoms with Crippen molar-refractivity contribution >= 4 is 16.9 Å². The molecule has 3 aromatic rings. The van der Waals surface area contributed by atoms with Crippen molar-refractivity contribution in [2.75, 3.05) is 0 Å². The summed E-state index contributed by atoms with van der Waals surface area (Å²) < 4.78 is 7.21. The lowest BCUT2D eigenvalue weighted by atomic mass is 10.1. The first kappa shape index (κ1) is 16.7. The maximum absolute atomic E-state index is 12.4. The van der Waals surface area contributed by atoms with E-state index in [0.717, 1.165) is 5.56 Å². The molecule has 6 heteroatoms. The first-order valence-corrected chi connectivity index (χ1v) is 7.93. The van der Waals surface area contributed by atoms with Crippen LogP contribution < -0.4 is 10.3 Å². The number of ether oxygens (including phenoxy) is 1. The molecule has 2 aromatic carbocycles. The van der Waals surface area contributed by atoms with Gasteiger partial charge in [0.2, 0.25) is 0 Å². The van der Waals surface area contributed by atoms with E-state index < -0.39 is 5.97 Å². The number of fused-ring (bicyclic) bond motifs is 1. The summed E-state index contributed by atoms with van der Waals surface area (Å²) in [6.07, 6.45) is 0.583. The van der Waals surface area contributed by atoms with Gasteiger partial charge in [-0.15, -0.1) is 0 Å². The van der Waals surface area contributed by atoms with Gasteiger partial charge < -0.3 is 9.84 Å². The Balaban J connectivity index is 1.73. The number of aromatic nitrogens is 2. The maximum Gasteiger partial charge on any atom is 0.303 e. The fourth-order valence-corrected chi connectivity index (χ4v) is 2.54. The van der Waals surface area contributed by atoms with Crippen molar-refractivity contribution in [3.63, 3.8) is 0 Å². The molecule has 0 spiro atoms. The van der Waals surface area contributed by atoms with Crippen LogP contribution in [0.4, 0.5) is 0 Å². The number of rotatable bonds is 6. The monoisotopic (exact) mass is 338 g/mol. The van der Waals surface area contributed by atoms with Crippen LogP contribution in [-0.4, -0.2) is 20.6 Å². The smallest absolute Gasteiger partial charge is 0.303 e. The molecule has 0 amide bonds. The molecule has 0 radical (unpaired) electrons. The molecule has 25 heavy (non-hydrogen) atoms. The topological polar surface area (TPSA) is 81.4 Å². The zero-order chi connectivity index (χ0) is 17.8. The number of hydrogen-bond acceptors (Lipinski definition) is 4. The molecule has 128 valence electrons. The number of hydrogen-bond donors (Lipinski definition) is 1. The van der Waals surface area contributed by atoms with Gasteiger partial charge in [-0.1, -0.05) is 24.3 Å². The zero-order valence-electron chi connectivity index (χ0n) is 13.8. The minimum atomic E-state index is -0.816. The second kappa shape index (κ2) is 7.17. The molecular weight excluding hydrogens is 320 g/mol. The van der Waals surface area contributed by atoms with Crippen LogP contribution in [0.25, 0.3) is 10.9 Å². The number of carboxylic acids is 1. The molecule has 1 aromatic heterocycles. The third-order valence-electron chi connectivity index (χ3n) is 3.99. The van der Waals surface area contributed by atoms with Gasteiger partial charge in [-0.2, -0.15) is 0 Å². The first-order chi connectivity index (χ1) is 12.0. The fourth-order valence-electron chi connectivity index (χ4n) is 2.54. The Morgan fingerprint density at radius 3 is 2.60 bits per heavy atom. The standard InChI is InChI=1S/C19H18N2O4/c1-21-17(20-16-5-3-2-4-15(16)19(21)24)12-25-14-9-6-13(7-10-14)8-11-18(22)23/h2-7,9-10H,8,11-12H2,1H3,(H,22,23). The van der Waals surface area contributed by atoms with Crippen molar-refractivity contribution in [2.45, 2.75) is 19.4 Å². The molecule has 0 aliphatic carbocycles. The van der Waals surface area contributed by atoms with Crippen molar-refractivity contribution in [1.82, 2.24) is 9.55 Å². The summed E-state index contributed by atoms with van der Waals surface area (Å²) in [5, 5.41) is 9.28. The van der Waals surface area contributed by atoms with Crippen molar-refractivity contribution in [2.24, 2.45) is 7.05 Å². The summed E-state index contributed by atoms with van der Waals surface area (Å²) >= 11 is 0. The molecule has 0 atom stereocenters. The average molecular weight is 338 g/mol. The third kappa shape index (κ3) is 3.85. The fraction of sp³-hybridized carbons (Fsp3) is 0.211. The molecule has 0 fully saturated rings. The number of carbonyl (C=O) groups is 1. The lowest BCUT2D eigenvalue weighted by Crippen LogP contribution is -2.23. The van der Waals surface area contributed by atoms with E-state index in [2.05, 4.69) is 4.98 Å². The Bertz CT molecular complexity index is 961. The van der Waals surface area contributed by atoms with Gasteiger partial charge in [0, 0.05) is 13.5 Å². The zero-order valence-corrected chi connectivity index (χ0v) is 13.8. The third-order valence-corrected chi connectivity index (χ3v) is 3.99. The Morgan fingerprint density at radius 2 is 1.88 bits per heavy atom. The van der Waals surface area contributed by atoms with E-state index in [1.165, 1.54) is 4.57 Å². The molecule has 1 N–H and O–H groups in total. The molecule has 3 rings (SSSR count). The molecule has 1 heterocycles. The van der Waals surface area contributed by atoms with E-state index in [4.69, 9.17) is 9.84 Å². The predicted molar refractivity (Wildman–Crippen MR) is 93.7 cm³/mol. The Morgan fingerprint density at radius 1 is 1.16 bits per heavy atom. The van der Waals surface area contributed by atoms with Crippen LogP contribution in [-0.2, 0) is 24.9 Å². The number of benzene rings is 2. The van der Waals surface area contributed by atoms with Crippen molar-refractivity contribution in [1.29, 1.82) is 0 Å². The summed E-state index contributed by atoms with van der Waals surface area (Å²) in [5.74, 6) is 0.365. The summed E-state index contributed by atoms with van der Waals surface area (Å²) in [4.78, 5) is 27.4. The van der Waals surface area contributed by atoms with E-state index in [-0.39, 0.29) is 18.6 Å². The van der Waals surface area contributed by atoms with Crippen molar-refractivity contribution in [3.05, 3.63) is 70.3 Å². The highest BCUT2D eigenvalue weighted by Gasteiger charge is 2.08. The molecular formula is C19H18N2O4. The molecule has 0 aliphatic rings. The highest BCUT2D eigenvalue weighted by molar-refractivity contribution is 5.77. The van der Waals surface area contributed by atoms with E-state index in [1.807, 2.05) is 24.3 Å². The molecule has 0 saturated carbocycles. The normalized spacial score (nSPS) is 10.8. The van der Waals surface area contributed by atoms with Crippen molar-refractivity contribution in [3.8, 4) is 5.75 Å². The highest BCUT2D eigenvalue weighted by Crippen LogP contribution is 2.15. The summed E-state index contributed by atoms with van der Waals surface area (Å²) in [6, 6.07) is 14.5. The number of para-hydroxylation sites is 1. The number of aliphatic carboxylic acids is 1. The van der Waals surface area contributed by atoms with Crippen LogP contribution in [0.5, 0.6) is 5.75 Å². The summed E-state index contributed by atoms with van der Waals surface area (Å²) in [7, 11) is 1.68. The lowest BCUT2D eigenvalue weighted by molar-refractivity contribution is -0.136. The minimum absolute atomic E-state index is 0.101. The van der Waals surface area contributed by atoms with Gasteiger partial charge >= 0.3 is 5.97 Å². The minimum Gasteiger partial charge on any atom is -0.486 e. The van der Waals surface area contributed by atoms with Crippen LogP contribution in [0.1, 0.15) is 17.8 Å². The molecule has 0 aliphatic heterocycles. The van der Waals surface area contributed by atoms with Gasteiger partial charge in [-0.05, 0) is 36.2 Å². The van der Waals surface area contributed by atoms with Gasteiger partial charge in [0.15, 0.2) is 0 Å². The summed E-state index contributed by atoms with van der Waals surface area (Å²) in [6.45, 7) is 0.172. The SMILES string of the molecule is Cn1c(COc2ccc(CCC(=O)O)cc2)nc2ccccc2c1=O. The molecule has 6 nitrogen and oxygen atoms in total. The molecule has 0 saturated heterocycles. The maximum atomic E-state index is 12.4. The average Bonchev–Trinajstić information content (AvgIpc) is 2.62. The Kier molecular flexibility index (Phi) is 4.79. The number of aryl methyl sites for hydroxylation is 1. The van der Waals surface area contributed by atoms with Gasteiger partial charge in [0.1, 0.15) is 18.2 Å². The Labute approximate surface area is 144 Å². The largest absolute Gasteiger partial charge is 0.486 e. The van der Waals surface area contributed by atoms with Crippen LogP contribution in [0, 0.1) is 0 Å². The van der Waals surface area contributed by atoms with Gasteiger partial charge in [-0.25, -0.2) is 4.98 Å². The van der Waals surface area contributed by atoms with Gasteiger partial charge in [0.05, 0.1) is 10.9 Å². The van der Waals surface area contributed by atoms with E-state index in [0.29, 0.717) is 28.9 Å². The van der Waals surface area contributed by atoms with Gasteiger partial charge in [-0.3, -0.25) is 14.2 Å². The molecule has 0 bridgehead atoms. The van der Waals surface area contributed by atoms with Crippen LogP contribution in [0.3, 0.4) is 0 Å². The summed E-state index contributed by atoms with van der Waals surface area (Å²) in [5.41, 5.74) is 1.48. The number of nitrogens with zero attached hydrogens (tertiary/aromatic N) is 2. The second-order valence-electron chi connectivity index (χ2n) is 5.74. The van der Waals surface area contributed by atoms with Crippen LogP contribution in [0.2, 0.25) is 0 Å². The van der Waals surface area contributed by atoms with Crippen LogP contribution in [0.15, 0.2) is 53.3 Å². The lowest BCUT2D eigenvalue weighted by Gasteiger charge is -2.11. The quantitative estimate of drug-likeness (QED) is 0.747. The van der Waals surface area contributed by atoms with Crippen molar-refractivity contribution < 1.29 is 14.6 Å². The second-order valence-corrected chi connectivity index (χ2v) is 5.74. The van der Waals surface area contributed by atoms with Gasteiger partial charge in [0.25, 0.3) is 5.56 Å². The predicted octanol–water partition coefficient (Wildman–Crippen LogP) is 2.53. The number of carboxylic acid groups (broad SMARTS) is 1. The first-order valence-electron chi connectivity index (χ1n) is 7.93. The van der Waals surface area contributed by atoms with Crippen LogP contribution >= 0.6 is 0 Å². The molecule has 0 unspecified atom stereocenters. The van der Waals surface area contributed by atoms with E-state index >= 15 is 0 Å². The Hall–Kier alpha value is -3.15. The van der Waals surface area contributed by atoms with E-state index in [1.54, 1.807) is 31.3 Å².